The van der Waals surface area contributed by atoms with Crippen LogP contribution in [0.4, 0.5) is 8.78 Å². The van der Waals surface area contributed by atoms with E-state index in [4.69, 9.17) is 0 Å². The van der Waals surface area contributed by atoms with Crippen molar-refractivity contribution < 1.29 is 8.78 Å². The third-order valence-electron chi connectivity index (χ3n) is 1.83. The van der Waals surface area contributed by atoms with Gasteiger partial charge in [0.1, 0.15) is 5.69 Å². The predicted molar refractivity (Wildman–Crippen MR) is 48.7 cm³/mol. The summed E-state index contributed by atoms with van der Waals surface area (Å²) in [5.41, 5.74) is -0.228. The SMILES string of the molecule is CC(F)(F)c1ccnn1-c1ncccn1. The molecule has 0 radical (unpaired) electrons. The van der Waals surface area contributed by atoms with Gasteiger partial charge in [0.25, 0.3) is 11.9 Å². The van der Waals surface area contributed by atoms with Crippen molar-refractivity contribution in [2.45, 2.75) is 12.8 Å². The summed E-state index contributed by atoms with van der Waals surface area (Å²) in [4.78, 5) is 7.70. The first-order valence-electron chi connectivity index (χ1n) is 4.29. The van der Waals surface area contributed by atoms with E-state index in [0.29, 0.717) is 0 Å². The van der Waals surface area contributed by atoms with E-state index in [9.17, 15) is 8.78 Å². The molecule has 2 heterocycles. The molecule has 78 valence electrons. The van der Waals surface area contributed by atoms with E-state index in [1.54, 1.807) is 6.07 Å². The van der Waals surface area contributed by atoms with Crippen molar-refractivity contribution in [1.29, 1.82) is 0 Å². The Hall–Kier alpha value is -1.85. The summed E-state index contributed by atoms with van der Waals surface area (Å²) in [7, 11) is 0. The van der Waals surface area contributed by atoms with Gasteiger partial charge in [0.15, 0.2) is 0 Å². The van der Waals surface area contributed by atoms with Crippen LogP contribution in [-0.2, 0) is 5.92 Å². The lowest BCUT2D eigenvalue weighted by molar-refractivity contribution is 0.01000. The van der Waals surface area contributed by atoms with Crippen LogP contribution in [0.15, 0.2) is 30.7 Å². The molecule has 4 nitrogen and oxygen atoms in total. The van der Waals surface area contributed by atoms with Crippen molar-refractivity contribution in [2.75, 3.05) is 0 Å². The molecule has 6 heteroatoms. The Labute approximate surface area is 84.6 Å². The van der Waals surface area contributed by atoms with Crippen molar-refractivity contribution >= 4 is 0 Å². The molecule has 0 aliphatic heterocycles. The number of aromatic nitrogens is 4. The minimum absolute atomic E-state index is 0.138. The minimum atomic E-state index is -2.96. The van der Waals surface area contributed by atoms with Crippen LogP contribution >= 0.6 is 0 Å². The highest BCUT2D eigenvalue weighted by atomic mass is 19.3. The lowest BCUT2D eigenvalue weighted by atomic mass is 10.3. The maximum atomic E-state index is 13.1. The Bertz CT molecular complexity index is 447. The van der Waals surface area contributed by atoms with Gasteiger partial charge in [-0.15, -0.1) is 0 Å². The Morgan fingerprint density at radius 2 is 1.87 bits per heavy atom. The van der Waals surface area contributed by atoms with Crippen LogP contribution in [0.1, 0.15) is 12.6 Å². The van der Waals surface area contributed by atoms with Gasteiger partial charge in [-0.2, -0.15) is 18.6 Å². The van der Waals surface area contributed by atoms with Crippen molar-refractivity contribution in [3.8, 4) is 5.95 Å². The molecule has 0 aliphatic rings. The largest absolute Gasteiger partial charge is 0.287 e. The van der Waals surface area contributed by atoms with E-state index in [0.717, 1.165) is 11.6 Å². The molecule has 0 aliphatic carbocycles. The van der Waals surface area contributed by atoms with E-state index in [2.05, 4.69) is 15.1 Å². The third kappa shape index (κ3) is 1.83. The second-order valence-corrected chi connectivity index (χ2v) is 3.07. The highest BCUT2D eigenvalue weighted by Crippen LogP contribution is 2.27. The zero-order chi connectivity index (χ0) is 10.9. The molecule has 2 aromatic rings. The minimum Gasteiger partial charge on any atom is -0.220 e. The van der Waals surface area contributed by atoms with Crippen LogP contribution < -0.4 is 0 Å². The van der Waals surface area contributed by atoms with Gasteiger partial charge in [-0.05, 0) is 12.1 Å². The summed E-state index contributed by atoms with van der Waals surface area (Å²) in [6, 6.07) is 2.85. The molecular weight excluding hydrogens is 202 g/mol. The van der Waals surface area contributed by atoms with Gasteiger partial charge in [-0.25, -0.2) is 9.97 Å². The van der Waals surface area contributed by atoms with Crippen LogP contribution in [0.25, 0.3) is 5.95 Å². The summed E-state index contributed by atoms with van der Waals surface area (Å²) in [6.45, 7) is 0.809. The Morgan fingerprint density at radius 1 is 1.20 bits per heavy atom. The first-order valence-corrected chi connectivity index (χ1v) is 4.29. The lowest BCUT2D eigenvalue weighted by Gasteiger charge is -2.11. The molecule has 0 fully saturated rings. The van der Waals surface area contributed by atoms with Crippen molar-refractivity contribution in [1.82, 2.24) is 19.7 Å². The van der Waals surface area contributed by atoms with Gasteiger partial charge < -0.3 is 0 Å². The summed E-state index contributed by atoms with van der Waals surface area (Å²) in [6.07, 6.45) is 4.24. The van der Waals surface area contributed by atoms with E-state index in [-0.39, 0.29) is 11.6 Å². The Balaban J connectivity index is 2.51. The number of alkyl halides is 2. The van der Waals surface area contributed by atoms with Crippen molar-refractivity contribution in [3.63, 3.8) is 0 Å². The number of hydrogen-bond donors (Lipinski definition) is 0. The topological polar surface area (TPSA) is 43.6 Å². The molecule has 0 spiro atoms. The van der Waals surface area contributed by atoms with E-state index in [1.165, 1.54) is 24.7 Å². The highest BCUT2D eigenvalue weighted by molar-refractivity contribution is 5.18. The third-order valence-corrected chi connectivity index (χ3v) is 1.83. The summed E-state index contributed by atoms with van der Waals surface area (Å²) < 4.78 is 27.3. The first-order chi connectivity index (χ1) is 7.09. The zero-order valence-electron chi connectivity index (χ0n) is 7.93. The predicted octanol–water partition coefficient (Wildman–Crippen LogP) is 1.77. The van der Waals surface area contributed by atoms with Crippen LogP contribution in [0.5, 0.6) is 0 Å². The average molecular weight is 210 g/mol. The van der Waals surface area contributed by atoms with Gasteiger partial charge in [0, 0.05) is 19.3 Å². The molecule has 0 amide bonds. The maximum absolute atomic E-state index is 13.1. The van der Waals surface area contributed by atoms with E-state index in [1.807, 2.05) is 0 Å². The summed E-state index contributed by atoms with van der Waals surface area (Å²) in [5, 5.41) is 3.76. The molecule has 0 unspecified atom stereocenters. The molecule has 0 N–H and O–H groups in total. The quantitative estimate of drug-likeness (QED) is 0.758. The molecule has 2 rings (SSSR count). The zero-order valence-corrected chi connectivity index (χ0v) is 7.93. The Kier molecular flexibility index (Phi) is 2.18. The molecule has 0 bridgehead atoms. The summed E-state index contributed by atoms with van der Waals surface area (Å²) >= 11 is 0. The monoisotopic (exact) mass is 210 g/mol. The maximum Gasteiger partial charge on any atom is 0.287 e. The smallest absolute Gasteiger partial charge is 0.220 e. The van der Waals surface area contributed by atoms with Crippen LogP contribution in [-0.4, -0.2) is 19.7 Å². The standard InChI is InChI=1S/C9H8F2N4/c1-9(10,11)7-3-6-14-15(7)8-12-4-2-5-13-8/h2-6H,1H3. The molecule has 0 saturated heterocycles. The van der Waals surface area contributed by atoms with E-state index < -0.39 is 5.92 Å². The van der Waals surface area contributed by atoms with Gasteiger partial charge in [0.05, 0.1) is 6.20 Å². The van der Waals surface area contributed by atoms with E-state index >= 15 is 0 Å². The van der Waals surface area contributed by atoms with Gasteiger partial charge >= 0.3 is 0 Å². The number of nitrogens with zero attached hydrogens (tertiary/aromatic N) is 4. The van der Waals surface area contributed by atoms with Gasteiger partial charge in [-0.1, -0.05) is 0 Å². The highest BCUT2D eigenvalue weighted by Gasteiger charge is 2.29. The number of hydrogen-bond acceptors (Lipinski definition) is 3. The molecule has 2 aromatic heterocycles. The number of halogens is 2. The molecule has 0 atom stereocenters. The fraction of sp³-hybridized carbons (Fsp3) is 0.222. The van der Waals surface area contributed by atoms with Gasteiger partial charge in [-0.3, -0.25) is 0 Å². The molecular formula is C9H8F2N4. The molecule has 0 aromatic carbocycles. The molecule has 15 heavy (non-hydrogen) atoms. The van der Waals surface area contributed by atoms with Gasteiger partial charge in [0.2, 0.25) is 0 Å². The number of rotatable bonds is 2. The van der Waals surface area contributed by atoms with Crippen LogP contribution in [0.3, 0.4) is 0 Å². The second-order valence-electron chi connectivity index (χ2n) is 3.07. The Morgan fingerprint density at radius 3 is 2.47 bits per heavy atom. The van der Waals surface area contributed by atoms with Crippen molar-refractivity contribution in [2.24, 2.45) is 0 Å². The lowest BCUT2D eigenvalue weighted by Crippen LogP contribution is -2.16. The van der Waals surface area contributed by atoms with Crippen molar-refractivity contribution in [3.05, 3.63) is 36.4 Å². The normalized spacial score (nSPS) is 11.7. The summed E-state index contributed by atoms with van der Waals surface area (Å²) in [5.74, 6) is -2.82. The second kappa shape index (κ2) is 3.38. The average Bonchev–Trinajstić information content (AvgIpc) is 2.67. The molecule has 0 saturated carbocycles. The fourth-order valence-corrected chi connectivity index (χ4v) is 1.20. The van der Waals surface area contributed by atoms with Crippen LogP contribution in [0, 0.1) is 0 Å². The van der Waals surface area contributed by atoms with Crippen LogP contribution in [0.2, 0.25) is 0 Å². The fourth-order valence-electron chi connectivity index (χ4n) is 1.20. The first kappa shape index (κ1) is 9.70.